The van der Waals surface area contributed by atoms with Crippen LogP contribution >= 0.6 is 0 Å². The highest BCUT2D eigenvalue weighted by Crippen LogP contribution is 2.37. The van der Waals surface area contributed by atoms with E-state index in [0.717, 1.165) is 32.5 Å². The van der Waals surface area contributed by atoms with E-state index in [9.17, 15) is 0 Å². The van der Waals surface area contributed by atoms with Gasteiger partial charge in [0.2, 0.25) is 0 Å². The lowest BCUT2D eigenvalue weighted by atomic mass is 10.0. The highest BCUT2D eigenvalue weighted by atomic mass is 16.8. The first-order valence-electron chi connectivity index (χ1n) is 7.29. The van der Waals surface area contributed by atoms with E-state index in [-0.39, 0.29) is 18.0 Å². The van der Waals surface area contributed by atoms with Gasteiger partial charge in [-0.2, -0.15) is 0 Å². The summed E-state index contributed by atoms with van der Waals surface area (Å²) in [6.45, 7) is 7.34. The van der Waals surface area contributed by atoms with Crippen LogP contribution in [-0.4, -0.2) is 36.0 Å². The van der Waals surface area contributed by atoms with E-state index >= 15 is 0 Å². The number of piperidine rings is 1. The van der Waals surface area contributed by atoms with Crippen molar-refractivity contribution in [1.29, 1.82) is 0 Å². The van der Waals surface area contributed by atoms with Gasteiger partial charge in [0, 0.05) is 32.5 Å². The van der Waals surface area contributed by atoms with E-state index in [0.29, 0.717) is 0 Å². The van der Waals surface area contributed by atoms with Crippen LogP contribution in [0, 0.1) is 0 Å². The second kappa shape index (κ2) is 5.23. The number of hydrogen-bond acceptors (Lipinski definition) is 3. The molecule has 2 aliphatic heterocycles. The van der Waals surface area contributed by atoms with Gasteiger partial charge in [-0.25, -0.2) is 0 Å². The molecule has 0 aliphatic carbocycles. The Bertz CT molecular complexity index is 400. The average Bonchev–Trinajstić information content (AvgIpc) is 2.69. The summed E-state index contributed by atoms with van der Waals surface area (Å²) in [5.74, 6) is -0.300. The summed E-state index contributed by atoms with van der Waals surface area (Å²) in [6.07, 6.45) is 2.41. The van der Waals surface area contributed by atoms with Crippen molar-refractivity contribution in [3.05, 3.63) is 35.9 Å². The maximum Gasteiger partial charge on any atom is 0.171 e. The molecule has 1 aromatic rings. The lowest BCUT2D eigenvalue weighted by molar-refractivity contribution is -0.199. The predicted octanol–water partition coefficient (Wildman–Crippen LogP) is 2.80. The average molecular weight is 261 g/mol. The Morgan fingerprint density at radius 1 is 1.05 bits per heavy atom. The van der Waals surface area contributed by atoms with Gasteiger partial charge in [0.15, 0.2) is 5.79 Å². The van der Waals surface area contributed by atoms with Crippen LogP contribution in [0.5, 0.6) is 0 Å². The number of benzene rings is 1. The molecule has 0 aromatic heterocycles. The number of rotatable bonds is 2. The number of likely N-dealkylation sites (tertiary alicyclic amines) is 1. The zero-order chi connectivity index (χ0) is 13.3. The van der Waals surface area contributed by atoms with E-state index < -0.39 is 0 Å². The molecule has 1 spiro atoms. The number of ether oxygens (including phenoxy) is 2. The highest BCUT2D eigenvalue weighted by molar-refractivity contribution is 5.14. The predicted molar refractivity (Wildman–Crippen MR) is 74.8 cm³/mol. The van der Waals surface area contributed by atoms with Gasteiger partial charge < -0.3 is 9.47 Å². The van der Waals surface area contributed by atoms with Gasteiger partial charge in [-0.15, -0.1) is 0 Å². The topological polar surface area (TPSA) is 21.7 Å². The molecule has 3 heteroatoms. The monoisotopic (exact) mass is 261 g/mol. The van der Waals surface area contributed by atoms with Crippen molar-refractivity contribution in [2.24, 2.45) is 0 Å². The summed E-state index contributed by atoms with van der Waals surface area (Å²) < 4.78 is 12.1. The van der Waals surface area contributed by atoms with Crippen LogP contribution in [0.15, 0.2) is 30.3 Å². The van der Waals surface area contributed by atoms with Crippen molar-refractivity contribution in [2.45, 2.75) is 51.2 Å². The first-order chi connectivity index (χ1) is 9.17. The maximum atomic E-state index is 6.05. The van der Waals surface area contributed by atoms with E-state index in [1.54, 1.807) is 0 Å². The van der Waals surface area contributed by atoms with Crippen LogP contribution in [0.1, 0.15) is 32.3 Å². The van der Waals surface area contributed by atoms with Crippen LogP contribution in [0.25, 0.3) is 0 Å². The highest BCUT2D eigenvalue weighted by Gasteiger charge is 2.45. The maximum absolute atomic E-state index is 6.05. The summed E-state index contributed by atoms with van der Waals surface area (Å²) in [7, 11) is 0. The molecule has 19 heavy (non-hydrogen) atoms. The first kappa shape index (κ1) is 13.1. The second-order valence-electron chi connectivity index (χ2n) is 5.82. The fourth-order valence-electron chi connectivity index (χ4n) is 3.03. The smallest absolute Gasteiger partial charge is 0.171 e. The van der Waals surface area contributed by atoms with E-state index in [2.05, 4.69) is 49.1 Å². The van der Waals surface area contributed by atoms with Crippen molar-refractivity contribution in [1.82, 2.24) is 4.90 Å². The van der Waals surface area contributed by atoms with Crippen LogP contribution in [-0.2, 0) is 16.0 Å². The summed E-state index contributed by atoms with van der Waals surface area (Å²) in [5.41, 5.74) is 1.38. The normalized spacial score (nSPS) is 30.8. The van der Waals surface area contributed by atoms with Crippen molar-refractivity contribution >= 4 is 0 Å². The largest absolute Gasteiger partial charge is 0.344 e. The van der Waals surface area contributed by atoms with E-state index in [4.69, 9.17) is 9.47 Å². The Morgan fingerprint density at radius 3 is 2.21 bits per heavy atom. The zero-order valence-corrected chi connectivity index (χ0v) is 11.8. The van der Waals surface area contributed by atoms with Crippen molar-refractivity contribution < 1.29 is 9.47 Å². The quantitative estimate of drug-likeness (QED) is 0.817. The third kappa shape index (κ3) is 2.83. The van der Waals surface area contributed by atoms with Crippen LogP contribution in [0.3, 0.4) is 0 Å². The first-order valence-corrected chi connectivity index (χ1v) is 7.29. The van der Waals surface area contributed by atoms with Crippen LogP contribution in [0.4, 0.5) is 0 Å². The Balaban J connectivity index is 1.55. The number of hydrogen-bond donors (Lipinski definition) is 0. The molecule has 2 atom stereocenters. The molecule has 2 unspecified atom stereocenters. The van der Waals surface area contributed by atoms with Gasteiger partial charge in [0.1, 0.15) is 0 Å². The number of nitrogens with zero attached hydrogens (tertiary/aromatic N) is 1. The standard InChI is InChI=1S/C16H23NO2/c1-13-14(2)19-16(18-13)8-10-17(11-9-16)12-15-6-4-3-5-7-15/h3-7,13-14H,8-12H2,1-2H3. The molecule has 0 N–H and O–H groups in total. The van der Waals surface area contributed by atoms with Gasteiger partial charge in [0.05, 0.1) is 12.2 Å². The minimum Gasteiger partial charge on any atom is -0.344 e. The SMILES string of the molecule is CC1OC2(CCN(Cc3ccccc3)CC2)OC1C. The molecule has 2 heterocycles. The molecule has 2 fully saturated rings. The molecule has 0 bridgehead atoms. The molecule has 0 amide bonds. The molecular weight excluding hydrogens is 238 g/mol. The third-order valence-electron chi connectivity index (χ3n) is 4.33. The molecule has 3 nitrogen and oxygen atoms in total. The lowest BCUT2D eigenvalue weighted by Crippen LogP contribution is -2.45. The van der Waals surface area contributed by atoms with Crippen molar-refractivity contribution in [3.63, 3.8) is 0 Å². The molecule has 2 saturated heterocycles. The molecule has 104 valence electrons. The van der Waals surface area contributed by atoms with Crippen molar-refractivity contribution in [3.8, 4) is 0 Å². The zero-order valence-electron chi connectivity index (χ0n) is 11.8. The summed E-state index contributed by atoms with van der Waals surface area (Å²) in [6, 6.07) is 10.7. The minimum absolute atomic E-state index is 0.223. The van der Waals surface area contributed by atoms with Gasteiger partial charge in [-0.3, -0.25) is 4.90 Å². The van der Waals surface area contributed by atoms with Gasteiger partial charge in [0.25, 0.3) is 0 Å². The van der Waals surface area contributed by atoms with E-state index in [1.165, 1.54) is 5.56 Å². The summed E-state index contributed by atoms with van der Waals surface area (Å²) in [4.78, 5) is 2.49. The molecule has 2 aliphatic rings. The van der Waals surface area contributed by atoms with Gasteiger partial charge in [-0.05, 0) is 19.4 Å². The van der Waals surface area contributed by atoms with Crippen LogP contribution < -0.4 is 0 Å². The minimum atomic E-state index is -0.300. The second-order valence-corrected chi connectivity index (χ2v) is 5.82. The molecule has 0 saturated carbocycles. The third-order valence-corrected chi connectivity index (χ3v) is 4.33. The van der Waals surface area contributed by atoms with Gasteiger partial charge in [-0.1, -0.05) is 30.3 Å². The molecule has 3 rings (SSSR count). The van der Waals surface area contributed by atoms with Crippen molar-refractivity contribution in [2.75, 3.05) is 13.1 Å². The Hall–Kier alpha value is -0.900. The Morgan fingerprint density at radius 2 is 1.63 bits per heavy atom. The Labute approximate surface area is 115 Å². The fraction of sp³-hybridized carbons (Fsp3) is 0.625. The Kier molecular flexibility index (Phi) is 3.61. The summed E-state index contributed by atoms with van der Waals surface area (Å²) >= 11 is 0. The molecule has 1 aromatic carbocycles. The van der Waals surface area contributed by atoms with Gasteiger partial charge >= 0.3 is 0 Å². The lowest BCUT2D eigenvalue weighted by Gasteiger charge is -2.38. The van der Waals surface area contributed by atoms with E-state index in [1.807, 2.05) is 0 Å². The molecular formula is C16H23NO2. The van der Waals surface area contributed by atoms with Crippen LogP contribution in [0.2, 0.25) is 0 Å². The summed E-state index contributed by atoms with van der Waals surface area (Å²) in [5, 5.41) is 0. The molecule has 0 radical (unpaired) electrons. The fourth-order valence-corrected chi connectivity index (χ4v) is 3.03.